The summed E-state index contributed by atoms with van der Waals surface area (Å²) >= 11 is 0. The SMILES string of the molecule is Fc1cccc(C2CCNC2Cc2ccccc2)c1. The predicted molar refractivity (Wildman–Crippen MR) is 75.7 cm³/mol. The maximum atomic E-state index is 13.4. The van der Waals surface area contributed by atoms with Gasteiger partial charge < -0.3 is 5.32 Å². The highest BCUT2D eigenvalue weighted by Crippen LogP contribution is 2.30. The lowest BCUT2D eigenvalue weighted by molar-refractivity contribution is 0.540. The summed E-state index contributed by atoms with van der Waals surface area (Å²) in [5, 5.41) is 3.55. The molecular formula is C17H18FN. The Morgan fingerprint density at radius 2 is 1.89 bits per heavy atom. The highest BCUT2D eigenvalue weighted by atomic mass is 19.1. The van der Waals surface area contributed by atoms with Gasteiger partial charge in [0, 0.05) is 12.0 Å². The molecule has 1 saturated heterocycles. The molecule has 0 bridgehead atoms. The fourth-order valence-electron chi connectivity index (χ4n) is 2.99. The molecule has 2 heteroatoms. The fraction of sp³-hybridized carbons (Fsp3) is 0.294. The molecule has 1 N–H and O–H groups in total. The van der Waals surface area contributed by atoms with E-state index >= 15 is 0 Å². The van der Waals surface area contributed by atoms with Crippen LogP contribution in [0.1, 0.15) is 23.5 Å². The third-order valence-corrected chi connectivity index (χ3v) is 3.92. The van der Waals surface area contributed by atoms with Gasteiger partial charge >= 0.3 is 0 Å². The third kappa shape index (κ3) is 2.85. The van der Waals surface area contributed by atoms with Crippen molar-refractivity contribution in [1.82, 2.24) is 5.32 Å². The first-order valence-electron chi connectivity index (χ1n) is 6.86. The summed E-state index contributed by atoms with van der Waals surface area (Å²) in [7, 11) is 0. The standard InChI is InChI=1S/C17H18FN/c18-15-8-4-7-14(12-15)16-9-10-19-17(16)11-13-5-2-1-3-6-13/h1-8,12,16-17,19H,9-11H2. The van der Waals surface area contributed by atoms with E-state index in [9.17, 15) is 4.39 Å². The van der Waals surface area contributed by atoms with Gasteiger partial charge in [-0.2, -0.15) is 0 Å². The number of rotatable bonds is 3. The summed E-state index contributed by atoms with van der Waals surface area (Å²) in [4.78, 5) is 0. The summed E-state index contributed by atoms with van der Waals surface area (Å²) in [5.74, 6) is 0.277. The van der Waals surface area contributed by atoms with Crippen molar-refractivity contribution in [2.75, 3.05) is 6.54 Å². The largest absolute Gasteiger partial charge is 0.313 e. The van der Waals surface area contributed by atoms with E-state index in [4.69, 9.17) is 0 Å². The summed E-state index contributed by atoms with van der Waals surface area (Å²) in [6.45, 7) is 1.01. The molecule has 0 saturated carbocycles. The van der Waals surface area contributed by atoms with Crippen LogP contribution in [-0.2, 0) is 6.42 Å². The second kappa shape index (κ2) is 5.54. The maximum absolute atomic E-state index is 13.4. The van der Waals surface area contributed by atoms with E-state index in [1.54, 1.807) is 6.07 Å². The smallest absolute Gasteiger partial charge is 0.123 e. The Morgan fingerprint density at radius 3 is 2.68 bits per heavy atom. The van der Waals surface area contributed by atoms with Crippen molar-refractivity contribution in [2.45, 2.75) is 24.8 Å². The van der Waals surface area contributed by atoms with Crippen LogP contribution in [0, 0.1) is 5.82 Å². The Bertz CT molecular complexity index is 538. The molecule has 19 heavy (non-hydrogen) atoms. The number of nitrogens with one attached hydrogen (secondary N) is 1. The van der Waals surface area contributed by atoms with Gasteiger partial charge in [0.15, 0.2) is 0 Å². The second-order valence-corrected chi connectivity index (χ2v) is 5.20. The van der Waals surface area contributed by atoms with Gasteiger partial charge in [-0.1, -0.05) is 42.5 Å². The normalized spacial score (nSPS) is 22.6. The van der Waals surface area contributed by atoms with E-state index in [0.29, 0.717) is 12.0 Å². The minimum absolute atomic E-state index is 0.136. The minimum Gasteiger partial charge on any atom is -0.313 e. The fourth-order valence-corrected chi connectivity index (χ4v) is 2.99. The van der Waals surface area contributed by atoms with Gasteiger partial charge in [0.05, 0.1) is 0 Å². The van der Waals surface area contributed by atoms with E-state index in [2.05, 4.69) is 29.6 Å². The average molecular weight is 255 g/mol. The lowest BCUT2D eigenvalue weighted by Crippen LogP contribution is -2.28. The number of hydrogen-bond donors (Lipinski definition) is 1. The Labute approximate surface area is 113 Å². The Balaban J connectivity index is 1.78. The molecule has 2 unspecified atom stereocenters. The molecule has 2 aromatic carbocycles. The summed E-state index contributed by atoms with van der Waals surface area (Å²) in [5.41, 5.74) is 2.45. The molecule has 0 radical (unpaired) electrons. The molecule has 1 nitrogen and oxygen atoms in total. The van der Waals surface area contributed by atoms with Crippen molar-refractivity contribution >= 4 is 0 Å². The molecule has 0 spiro atoms. The van der Waals surface area contributed by atoms with Crippen molar-refractivity contribution in [3.8, 4) is 0 Å². The molecule has 2 aromatic rings. The van der Waals surface area contributed by atoms with Crippen molar-refractivity contribution in [3.05, 3.63) is 71.5 Å². The topological polar surface area (TPSA) is 12.0 Å². The first kappa shape index (κ1) is 12.4. The first-order valence-corrected chi connectivity index (χ1v) is 6.86. The van der Waals surface area contributed by atoms with Crippen LogP contribution in [-0.4, -0.2) is 12.6 Å². The first-order chi connectivity index (χ1) is 9.33. The van der Waals surface area contributed by atoms with E-state index < -0.39 is 0 Å². The van der Waals surface area contributed by atoms with Crippen LogP contribution in [0.3, 0.4) is 0 Å². The highest BCUT2D eigenvalue weighted by molar-refractivity contribution is 5.26. The number of halogens is 1. The minimum atomic E-state index is -0.136. The average Bonchev–Trinajstić information content (AvgIpc) is 2.88. The molecular weight excluding hydrogens is 237 g/mol. The zero-order valence-electron chi connectivity index (χ0n) is 10.9. The van der Waals surface area contributed by atoms with Crippen LogP contribution in [0.4, 0.5) is 4.39 Å². The lowest BCUT2D eigenvalue weighted by atomic mass is 9.88. The number of benzene rings is 2. The van der Waals surface area contributed by atoms with Gasteiger partial charge in [0.1, 0.15) is 5.82 Å². The highest BCUT2D eigenvalue weighted by Gasteiger charge is 2.28. The molecule has 1 fully saturated rings. The van der Waals surface area contributed by atoms with Crippen LogP contribution >= 0.6 is 0 Å². The maximum Gasteiger partial charge on any atom is 0.123 e. The lowest BCUT2D eigenvalue weighted by Gasteiger charge is -2.20. The molecule has 3 rings (SSSR count). The van der Waals surface area contributed by atoms with Crippen LogP contribution in [0.25, 0.3) is 0 Å². The van der Waals surface area contributed by atoms with Gasteiger partial charge in [-0.05, 0) is 42.6 Å². The predicted octanol–water partition coefficient (Wildman–Crippen LogP) is 3.51. The quantitative estimate of drug-likeness (QED) is 0.885. The zero-order valence-corrected chi connectivity index (χ0v) is 10.9. The summed E-state index contributed by atoms with van der Waals surface area (Å²) in [6.07, 6.45) is 2.09. The Hall–Kier alpha value is -1.67. The molecule has 0 aromatic heterocycles. The van der Waals surface area contributed by atoms with Crippen molar-refractivity contribution in [2.24, 2.45) is 0 Å². The molecule has 98 valence electrons. The van der Waals surface area contributed by atoms with Gasteiger partial charge in [0.25, 0.3) is 0 Å². The van der Waals surface area contributed by atoms with E-state index in [1.165, 1.54) is 11.6 Å². The van der Waals surface area contributed by atoms with Crippen LogP contribution in [0.5, 0.6) is 0 Å². The zero-order chi connectivity index (χ0) is 13.1. The van der Waals surface area contributed by atoms with E-state index in [0.717, 1.165) is 24.9 Å². The molecule has 2 atom stereocenters. The summed E-state index contributed by atoms with van der Waals surface area (Å²) < 4.78 is 13.4. The van der Waals surface area contributed by atoms with Gasteiger partial charge in [-0.15, -0.1) is 0 Å². The van der Waals surface area contributed by atoms with Crippen LogP contribution in [0.15, 0.2) is 54.6 Å². The van der Waals surface area contributed by atoms with Crippen molar-refractivity contribution in [1.29, 1.82) is 0 Å². The molecule has 1 heterocycles. The van der Waals surface area contributed by atoms with Gasteiger partial charge in [-0.3, -0.25) is 0 Å². The van der Waals surface area contributed by atoms with Gasteiger partial charge in [0.2, 0.25) is 0 Å². The second-order valence-electron chi connectivity index (χ2n) is 5.20. The number of hydrogen-bond acceptors (Lipinski definition) is 1. The molecule has 0 amide bonds. The van der Waals surface area contributed by atoms with Crippen LogP contribution < -0.4 is 5.32 Å². The van der Waals surface area contributed by atoms with E-state index in [1.807, 2.05) is 18.2 Å². The Kier molecular flexibility index (Phi) is 3.60. The monoisotopic (exact) mass is 255 g/mol. The van der Waals surface area contributed by atoms with E-state index in [-0.39, 0.29) is 5.82 Å². The van der Waals surface area contributed by atoms with Crippen molar-refractivity contribution < 1.29 is 4.39 Å². The molecule has 0 aliphatic carbocycles. The van der Waals surface area contributed by atoms with Crippen molar-refractivity contribution in [3.63, 3.8) is 0 Å². The summed E-state index contributed by atoms with van der Waals surface area (Å²) in [6, 6.07) is 17.9. The molecule has 1 aliphatic heterocycles. The molecule has 1 aliphatic rings. The third-order valence-electron chi connectivity index (χ3n) is 3.92. The van der Waals surface area contributed by atoms with Crippen LogP contribution in [0.2, 0.25) is 0 Å². The van der Waals surface area contributed by atoms with Gasteiger partial charge in [-0.25, -0.2) is 4.39 Å². The Morgan fingerprint density at radius 1 is 1.05 bits per heavy atom.